The summed E-state index contributed by atoms with van der Waals surface area (Å²) >= 11 is 0. The van der Waals surface area contributed by atoms with Crippen LogP contribution < -0.4 is 0 Å². The van der Waals surface area contributed by atoms with Crippen LogP contribution in [-0.4, -0.2) is 34.6 Å². The molecule has 2 aliphatic rings. The fourth-order valence-electron chi connectivity index (χ4n) is 2.42. The van der Waals surface area contributed by atoms with Crippen molar-refractivity contribution in [1.82, 2.24) is 0 Å². The molecule has 3 nitrogen and oxygen atoms in total. The lowest BCUT2D eigenvalue weighted by molar-refractivity contribution is -0.157. The van der Waals surface area contributed by atoms with Crippen molar-refractivity contribution in [3.8, 4) is 0 Å². The van der Waals surface area contributed by atoms with Gasteiger partial charge in [-0.15, -0.1) is 0 Å². The predicted molar refractivity (Wildman–Crippen MR) is 43.8 cm³/mol. The molecule has 0 aromatic carbocycles. The molecule has 12 heavy (non-hydrogen) atoms. The van der Waals surface area contributed by atoms with E-state index in [-0.39, 0.29) is 0 Å². The van der Waals surface area contributed by atoms with Gasteiger partial charge in [-0.05, 0) is 32.1 Å². The minimum absolute atomic E-state index is 0.391. The summed E-state index contributed by atoms with van der Waals surface area (Å²) in [6.07, 6.45) is 3.29. The van der Waals surface area contributed by atoms with E-state index in [1.54, 1.807) is 0 Å². The highest BCUT2D eigenvalue weighted by Crippen LogP contribution is 2.39. The van der Waals surface area contributed by atoms with Crippen LogP contribution in [0.5, 0.6) is 0 Å². The summed E-state index contributed by atoms with van der Waals surface area (Å²) in [4.78, 5) is 0. The molecule has 1 heterocycles. The monoisotopic (exact) mass is 172 g/mol. The number of aliphatic hydroxyl groups excluding tert-OH is 2. The number of aliphatic hydroxyl groups is 2. The minimum Gasteiger partial charge on any atom is -0.390 e. The summed E-state index contributed by atoms with van der Waals surface area (Å²) in [5, 5.41) is 19.2. The number of hydrogen-bond acceptors (Lipinski definition) is 3. The zero-order valence-electron chi connectivity index (χ0n) is 7.20. The van der Waals surface area contributed by atoms with Crippen LogP contribution in [0.15, 0.2) is 0 Å². The van der Waals surface area contributed by atoms with Crippen LogP contribution in [0.3, 0.4) is 0 Å². The van der Waals surface area contributed by atoms with E-state index in [1.807, 2.05) is 0 Å². The zero-order chi connectivity index (χ0) is 8.60. The molecule has 0 aromatic heterocycles. The van der Waals surface area contributed by atoms with E-state index in [0.29, 0.717) is 6.42 Å². The lowest BCUT2D eigenvalue weighted by atomic mass is 9.79. The van der Waals surface area contributed by atoms with E-state index in [9.17, 15) is 10.2 Å². The highest BCUT2D eigenvalue weighted by atomic mass is 16.5. The molecule has 2 N–H and O–H groups in total. The van der Waals surface area contributed by atoms with Gasteiger partial charge in [-0.25, -0.2) is 0 Å². The molecule has 0 unspecified atom stereocenters. The van der Waals surface area contributed by atoms with E-state index in [1.165, 1.54) is 0 Å². The SMILES string of the molecule is O[C@@H]1CCC[C@]2(CCCO2)[C@@H]1O. The summed E-state index contributed by atoms with van der Waals surface area (Å²) in [7, 11) is 0. The Morgan fingerprint density at radius 1 is 1.17 bits per heavy atom. The molecule has 0 aromatic rings. The highest BCUT2D eigenvalue weighted by Gasteiger charge is 2.47. The van der Waals surface area contributed by atoms with Crippen molar-refractivity contribution < 1.29 is 14.9 Å². The van der Waals surface area contributed by atoms with Gasteiger partial charge in [0.15, 0.2) is 0 Å². The molecular weight excluding hydrogens is 156 g/mol. The van der Waals surface area contributed by atoms with Gasteiger partial charge in [-0.2, -0.15) is 0 Å². The van der Waals surface area contributed by atoms with E-state index in [4.69, 9.17) is 4.74 Å². The summed E-state index contributed by atoms with van der Waals surface area (Å²) in [6.45, 7) is 0.740. The first kappa shape index (κ1) is 8.48. The lowest BCUT2D eigenvalue weighted by Crippen LogP contribution is -2.51. The number of ether oxygens (including phenoxy) is 1. The van der Waals surface area contributed by atoms with Gasteiger partial charge in [-0.1, -0.05) is 0 Å². The molecule has 1 saturated heterocycles. The van der Waals surface area contributed by atoms with Crippen molar-refractivity contribution in [2.24, 2.45) is 0 Å². The lowest BCUT2D eigenvalue weighted by Gasteiger charge is -2.40. The fraction of sp³-hybridized carbons (Fsp3) is 1.00. The molecule has 1 saturated carbocycles. The van der Waals surface area contributed by atoms with Gasteiger partial charge in [-0.3, -0.25) is 0 Å². The van der Waals surface area contributed by atoms with Gasteiger partial charge >= 0.3 is 0 Å². The van der Waals surface area contributed by atoms with E-state index >= 15 is 0 Å². The third-order valence-electron chi connectivity index (χ3n) is 3.14. The molecule has 3 heteroatoms. The third-order valence-corrected chi connectivity index (χ3v) is 3.14. The summed E-state index contributed by atoms with van der Waals surface area (Å²) < 4.78 is 5.55. The summed E-state index contributed by atoms with van der Waals surface area (Å²) in [5.41, 5.74) is -0.391. The van der Waals surface area contributed by atoms with Crippen molar-refractivity contribution in [2.75, 3.05) is 6.61 Å². The van der Waals surface area contributed by atoms with Crippen LogP contribution in [-0.2, 0) is 4.74 Å². The molecule has 70 valence electrons. The fourth-order valence-corrected chi connectivity index (χ4v) is 2.42. The second-order valence-corrected chi connectivity index (χ2v) is 3.92. The maximum absolute atomic E-state index is 9.75. The Labute approximate surface area is 72.3 Å². The molecule has 2 fully saturated rings. The average Bonchev–Trinajstić information content (AvgIpc) is 2.50. The number of hydrogen-bond donors (Lipinski definition) is 2. The minimum atomic E-state index is -0.659. The average molecular weight is 172 g/mol. The van der Waals surface area contributed by atoms with Gasteiger partial charge in [0.25, 0.3) is 0 Å². The first-order chi connectivity index (χ1) is 5.75. The molecule has 0 bridgehead atoms. The Bertz CT molecular complexity index is 163. The molecule has 0 amide bonds. The molecular formula is C9H16O3. The standard InChI is InChI=1S/C9H16O3/c10-7-3-1-4-9(8(7)11)5-2-6-12-9/h7-8,10-11H,1-6H2/t7-,8-,9+/m1/s1. The first-order valence-electron chi connectivity index (χ1n) is 4.75. The van der Waals surface area contributed by atoms with Crippen molar-refractivity contribution >= 4 is 0 Å². The van der Waals surface area contributed by atoms with Crippen LogP contribution in [0.4, 0.5) is 0 Å². The van der Waals surface area contributed by atoms with Crippen molar-refractivity contribution in [2.45, 2.75) is 49.9 Å². The van der Waals surface area contributed by atoms with Gasteiger partial charge in [0.1, 0.15) is 6.10 Å². The van der Waals surface area contributed by atoms with Crippen molar-refractivity contribution in [3.05, 3.63) is 0 Å². The van der Waals surface area contributed by atoms with Crippen LogP contribution in [0.25, 0.3) is 0 Å². The highest BCUT2D eigenvalue weighted by molar-refractivity contribution is 4.98. The number of rotatable bonds is 0. The topological polar surface area (TPSA) is 49.7 Å². The smallest absolute Gasteiger partial charge is 0.109 e. The molecule has 2 rings (SSSR count). The van der Waals surface area contributed by atoms with Gasteiger partial charge in [0.2, 0.25) is 0 Å². The first-order valence-corrected chi connectivity index (χ1v) is 4.75. The van der Waals surface area contributed by atoms with Gasteiger partial charge < -0.3 is 14.9 Å². The molecule has 1 spiro atoms. The third kappa shape index (κ3) is 1.16. The Balaban J connectivity index is 2.11. The van der Waals surface area contributed by atoms with Gasteiger partial charge in [0.05, 0.1) is 11.7 Å². The Morgan fingerprint density at radius 2 is 1.92 bits per heavy atom. The Hall–Kier alpha value is -0.120. The Kier molecular flexibility index (Phi) is 2.10. The second-order valence-electron chi connectivity index (χ2n) is 3.92. The molecule has 0 radical (unpaired) electrons. The zero-order valence-corrected chi connectivity index (χ0v) is 7.20. The summed E-state index contributed by atoms with van der Waals surface area (Å²) in [5.74, 6) is 0. The van der Waals surface area contributed by atoms with E-state index in [2.05, 4.69) is 0 Å². The largest absolute Gasteiger partial charge is 0.390 e. The quantitative estimate of drug-likeness (QED) is 0.557. The molecule has 1 aliphatic heterocycles. The maximum atomic E-state index is 9.75. The Morgan fingerprint density at radius 3 is 2.58 bits per heavy atom. The van der Waals surface area contributed by atoms with E-state index in [0.717, 1.165) is 32.3 Å². The summed E-state index contributed by atoms with van der Waals surface area (Å²) in [6, 6.07) is 0. The second kappa shape index (κ2) is 2.98. The van der Waals surface area contributed by atoms with Crippen LogP contribution in [0.1, 0.15) is 32.1 Å². The van der Waals surface area contributed by atoms with Crippen LogP contribution in [0.2, 0.25) is 0 Å². The predicted octanol–water partition coefficient (Wildman–Crippen LogP) is 0.441. The van der Waals surface area contributed by atoms with Crippen LogP contribution in [0, 0.1) is 0 Å². The van der Waals surface area contributed by atoms with Crippen molar-refractivity contribution in [3.63, 3.8) is 0 Å². The van der Waals surface area contributed by atoms with Crippen molar-refractivity contribution in [1.29, 1.82) is 0 Å². The molecule has 3 atom stereocenters. The van der Waals surface area contributed by atoms with Crippen LogP contribution >= 0.6 is 0 Å². The maximum Gasteiger partial charge on any atom is 0.109 e. The molecule has 1 aliphatic carbocycles. The van der Waals surface area contributed by atoms with Gasteiger partial charge in [0, 0.05) is 6.61 Å². The normalized spacial score (nSPS) is 48.5. The van der Waals surface area contributed by atoms with E-state index < -0.39 is 17.8 Å².